The maximum absolute atomic E-state index is 13.1. The maximum Gasteiger partial charge on any atom is 0.254 e. The summed E-state index contributed by atoms with van der Waals surface area (Å²) < 4.78 is 5.48. The highest BCUT2D eigenvalue weighted by Gasteiger charge is 2.19. The molecule has 0 saturated carbocycles. The molecule has 0 atom stereocenters. The largest absolute Gasteiger partial charge is 0.380 e. The third-order valence-electron chi connectivity index (χ3n) is 5.20. The van der Waals surface area contributed by atoms with Gasteiger partial charge in [0.1, 0.15) is 5.52 Å². The lowest BCUT2D eigenvalue weighted by atomic mass is 10.0. The number of benzene rings is 2. The van der Waals surface area contributed by atoms with E-state index in [4.69, 9.17) is 4.74 Å². The van der Waals surface area contributed by atoms with Crippen LogP contribution < -0.4 is 5.32 Å². The zero-order valence-corrected chi connectivity index (χ0v) is 15.9. The van der Waals surface area contributed by atoms with E-state index in [-0.39, 0.29) is 5.91 Å². The minimum Gasteiger partial charge on any atom is -0.380 e. The van der Waals surface area contributed by atoms with Crippen molar-refractivity contribution < 1.29 is 9.53 Å². The molecular formula is C22H21N5O2. The molecule has 0 bridgehead atoms. The Balaban J connectivity index is 1.46. The summed E-state index contributed by atoms with van der Waals surface area (Å²) >= 11 is 0. The molecule has 5 rings (SSSR count). The van der Waals surface area contributed by atoms with Crippen molar-refractivity contribution in [1.82, 2.24) is 20.1 Å². The Bertz CT molecular complexity index is 1180. The Kier molecular flexibility index (Phi) is 4.57. The van der Waals surface area contributed by atoms with E-state index in [0.29, 0.717) is 25.6 Å². The number of H-pyrrole nitrogens is 1. The highest BCUT2D eigenvalue weighted by molar-refractivity contribution is 6.07. The standard InChI is InChI=1S/C22H21N5O2/c28-22(27-10-3-12-29-13-11-27)18-5-1-4-15-14-16(7-8-17(15)18)24-21-20-19(25-26-21)6-2-9-23-20/h1-2,4-9,14H,3,10-13H2,(H2,24,25,26). The molecule has 29 heavy (non-hydrogen) atoms. The number of nitrogens with one attached hydrogen (secondary N) is 2. The summed E-state index contributed by atoms with van der Waals surface area (Å²) in [6.07, 6.45) is 2.62. The number of aromatic nitrogens is 3. The molecule has 1 fully saturated rings. The Morgan fingerprint density at radius 2 is 2.07 bits per heavy atom. The smallest absolute Gasteiger partial charge is 0.254 e. The van der Waals surface area contributed by atoms with Crippen LogP contribution in [0.2, 0.25) is 0 Å². The predicted octanol–water partition coefficient (Wildman–Crippen LogP) is 3.72. The lowest BCUT2D eigenvalue weighted by Gasteiger charge is -2.20. The minimum absolute atomic E-state index is 0.0595. The number of anilines is 2. The van der Waals surface area contributed by atoms with E-state index < -0.39 is 0 Å². The Hall–Kier alpha value is -3.45. The third-order valence-corrected chi connectivity index (χ3v) is 5.20. The summed E-state index contributed by atoms with van der Waals surface area (Å²) in [6, 6.07) is 15.6. The van der Waals surface area contributed by atoms with Crippen LogP contribution in [0.15, 0.2) is 54.7 Å². The lowest BCUT2D eigenvalue weighted by Crippen LogP contribution is -2.33. The highest BCUT2D eigenvalue weighted by atomic mass is 16.5. The van der Waals surface area contributed by atoms with Crippen molar-refractivity contribution in [3.8, 4) is 0 Å². The molecule has 1 saturated heterocycles. The van der Waals surface area contributed by atoms with Crippen molar-refractivity contribution in [2.24, 2.45) is 0 Å². The van der Waals surface area contributed by atoms with Gasteiger partial charge in [0.05, 0.1) is 12.1 Å². The van der Waals surface area contributed by atoms with Gasteiger partial charge < -0.3 is 15.0 Å². The Morgan fingerprint density at radius 1 is 1.10 bits per heavy atom. The molecule has 3 heterocycles. The normalized spacial score (nSPS) is 14.8. The van der Waals surface area contributed by atoms with Crippen LogP contribution in [0.25, 0.3) is 21.8 Å². The number of hydrogen-bond acceptors (Lipinski definition) is 5. The van der Waals surface area contributed by atoms with Gasteiger partial charge in [0.15, 0.2) is 5.82 Å². The van der Waals surface area contributed by atoms with Gasteiger partial charge in [-0.2, -0.15) is 5.10 Å². The Labute approximate surface area is 167 Å². The molecule has 0 spiro atoms. The lowest BCUT2D eigenvalue weighted by molar-refractivity contribution is 0.0743. The molecule has 0 aliphatic carbocycles. The van der Waals surface area contributed by atoms with Crippen molar-refractivity contribution in [2.45, 2.75) is 6.42 Å². The minimum atomic E-state index is 0.0595. The van der Waals surface area contributed by atoms with Crippen LogP contribution in [0.3, 0.4) is 0 Å². The van der Waals surface area contributed by atoms with Gasteiger partial charge in [0, 0.05) is 37.1 Å². The molecule has 7 heteroatoms. The first-order valence-electron chi connectivity index (χ1n) is 9.75. The Morgan fingerprint density at radius 3 is 3.03 bits per heavy atom. The number of aromatic amines is 1. The van der Waals surface area contributed by atoms with Crippen LogP contribution in [0.5, 0.6) is 0 Å². The topological polar surface area (TPSA) is 83.1 Å². The van der Waals surface area contributed by atoms with E-state index in [1.54, 1.807) is 6.20 Å². The number of carbonyl (C=O) groups is 1. The number of nitrogens with zero attached hydrogens (tertiary/aromatic N) is 3. The van der Waals surface area contributed by atoms with Gasteiger partial charge in [-0.25, -0.2) is 0 Å². The van der Waals surface area contributed by atoms with Gasteiger partial charge in [0.2, 0.25) is 0 Å². The quantitative estimate of drug-likeness (QED) is 0.560. The second kappa shape index (κ2) is 7.52. The van der Waals surface area contributed by atoms with Gasteiger partial charge >= 0.3 is 0 Å². The molecule has 0 radical (unpaired) electrons. The summed E-state index contributed by atoms with van der Waals surface area (Å²) in [5.41, 5.74) is 3.29. The van der Waals surface area contributed by atoms with Crippen LogP contribution in [0.1, 0.15) is 16.8 Å². The first-order chi connectivity index (χ1) is 14.3. The van der Waals surface area contributed by atoms with Gasteiger partial charge in [-0.05, 0) is 47.5 Å². The third kappa shape index (κ3) is 3.40. The van der Waals surface area contributed by atoms with Crippen LogP contribution in [-0.4, -0.2) is 52.3 Å². The van der Waals surface area contributed by atoms with Crippen LogP contribution >= 0.6 is 0 Å². The second-order valence-electron chi connectivity index (χ2n) is 7.10. The molecule has 2 aromatic carbocycles. The van der Waals surface area contributed by atoms with E-state index >= 15 is 0 Å². The summed E-state index contributed by atoms with van der Waals surface area (Å²) in [5, 5.41) is 12.6. The first kappa shape index (κ1) is 17.6. The number of fused-ring (bicyclic) bond motifs is 2. The van der Waals surface area contributed by atoms with Crippen molar-refractivity contribution >= 4 is 39.2 Å². The van der Waals surface area contributed by atoms with Crippen molar-refractivity contribution in [1.29, 1.82) is 0 Å². The zero-order valence-electron chi connectivity index (χ0n) is 15.9. The number of hydrogen-bond donors (Lipinski definition) is 2. The van der Waals surface area contributed by atoms with Gasteiger partial charge in [-0.1, -0.05) is 18.2 Å². The van der Waals surface area contributed by atoms with E-state index in [1.165, 1.54) is 0 Å². The molecule has 1 aliphatic rings. The molecule has 1 amide bonds. The summed E-state index contributed by atoms with van der Waals surface area (Å²) in [7, 11) is 0. The highest BCUT2D eigenvalue weighted by Crippen LogP contribution is 2.27. The summed E-state index contributed by atoms with van der Waals surface area (Å²) in [4.78, 5) is 19.4. The molecule has 1 aliphatic heterocycles. The van der Waals surface area contributed by atoms with Gasteiger partial charge in [0.25, 0.3) is 5.91 Å². The van der Waals surface area contributed by atoms with Crippen LogP contribution in [-0.2, 0) is 4.74 Å². The van der Waals surface area contributed by atoms with E-state index in [1.807, 2.05) is 53.4 Å². The molecule has 7 nitrogen and oxygen atoms in total. The second-order valence-corrected chi connectivity index (χ2v) is 7.10. The molecular weight excluding hydrogens is 366 g/mol. The van der Waals surface area contributed by atoms with E-state index in [0.717, 1.165) is 46.0 Å². The molecule has 4 aromatic rings. The monoisotopic (exact) mass is 387 g/mol. The average molecular weight is 387 g/mol. The van der Waals surface area contributed by atoms with Crippen molar-refractivity contribution in [2.75, 3.05) is 31.6 Å². The number of amides is 1. The number of carbonyl (C=O) groups excluding carboxylic acids is 1. The fraction of sp³-hybridized carbons (Fsp3) is 0.227. The fourth-order valence-electron chi connectivity index (χ4n) is 3.74. The fourth-order valence-corrected chi connectivity index (χ4v) is 3.74. The van der Waals surface area contributed by atoms with Gasteiger partial charge in [-0.3, -0.25) is 14.9 Å². The molecule has 146 valence electrons. The average Bonchev–Trinajstić information content (AvgIpc) is 2.97. The van der Waals surface area contributed by atoms with Gasteiger partial charge in [-0.15, -0.1) is 0 Å². The zero-order chi connectivity index (χ0) is 19.6. The summed E-state index contributed by atoms with van der Waals surface area (Å²) in [6.45, 7) is 2.67. The number of rotatable bonds is 3. The van der Waals surface area contributed by atoms with Crippen LogP contribution in [0, 0.1) is 0 Å². The number of pyridine rings is 1. The first-order valence-corrected chi connectivity index (χ1v) is 9.75. The van der Waals surface area contributed by atoms with Crippen molar-refractivity contribution in [3.05, 3.63) is 60.3 Å². The number of ether oxygens (including phenoxy) is 1. The SMILES string of the molecule is O=C(c1cccc2cc(Nc3n[nH]c4cccnc34)ccc12)N1CCCOCC1. The molecule has 2 aromatic heterocycles. The predicted molar refractivity (Wildman–Crippen MR) is 112 cm³/mol. The summed E-state index contributed by atoms with van der Waals surface area (Å²) in [5.74, 6) is 0.737. The van der Waals surface area contributed by atoms with Crippen LogP contribution in [0.4, 0.5) is 11.5 Å². The maximum atomic E-state index is 13.1. The van der Waals surface area contributed by atoms with Crippen molar-refractivity contribution in [3.63, 3.8) is 0 Å². The molecule has 2 N–H and O–H groups in total. The van der Waals surface area contributed by atoms with E-state index in [9.17, 15) is 4.79 Å². The van der Waals surface area contributed by atoms with E-state index in [2.05, 4.69) is 20.5 Å². The molecule has 0 unspecified atom stereocenters.